The Morgan fingerprint density at radius 1 is 1.53 bits per heavy atom. The molecular weight excluding hydrogens is 272 g/mol. The summed E-state index contributed by atoms with van der Waals surface area (Å²) in [6.45, 7) is 4.32. The number of carboxylic acids is 1. The van der Waals surface area contributed by atoms with Crippen molar-refractivity contribution < 1.29 is 23.1 Å². The second-order valence-corrected chi connectivity index (χ2v) is 6.85. The highest BCUT2D eigenvalue weighted by molar-refractivity contribution is 7.87. The molecule has 19 heavy (non-hydrogen) atoms. The van der Waals surface area contributed by atoms with Crippen molar-refractivity contribution in [2.24, 2.45) is 11.3 Å². The van der Waals surface area contributed by atoms with Gasteiger partial charge in [-0.05, 0) is 12.3 Å². The Kier molecular flexibility index (Phi) is 5.31. The first-order valence-electron chi connectivity index (χ1n) is 6.23. The van der Waals surface area contributed by atoms with E-state index >= 15 is 0 Å². The van der Waals surface area contributed by atoms with Crippen molar-refractivity contribution in [1.82, 2.24) is 9.03 Å². The van der Waals surface area contributed by atoms with Gasteiger partial charge in [0.25, 0.3) is 10.2 Å². The van der Waals surface area contributed by atoms with Crippen LogP contribution in [0.4, 0.5) is 0 Å². The minimum Gasteiger partial charge on any atom is -0.481 e. The van der Waals surface area contributed by atoms with Crippen molar-refractivity contribution >= 4 is 16.2 Å². The summed E-state index contributed by atoms with van der Waals surface area (Å²) < 4.78 is 32.4. The van der Waals surface area contributed by atoms with E-state index in [0.717, 1.165) is 0 Å². The third-order valence-corrected chi connectivity index (χ3v) is 5.29. The Hall–Kier alpha value is -0.700. The van der Waals surface area contributed by atoms with Crippen molar-refractivity contribution in [3.05, 3.63) is 0 Å². The maximum atomic E-state index is 12.0. The molecule has 8 heteroatoms. The molecule has 1 heterocycles. The molecule has 2 N–H and O–H groups in total. The molecule has 1 saturated heterocycles. The van der Waals surface area contributed by atoms with Gasteiger partial charge in [0.15, 0.2) is 0 Å². The van der Waals surface area contributed by atoms with Gasteiger partial charge in [0, 0.05) is 26.7 Å². The lowest BCUT2D eigenvalue weighted by Gasteiger charge is -2.28. The Bertz CT molecular complexity index is 423. The van der Waals surface area contributed by atoms with E-state index in [-0.39, 0.29) is 32.2 Å². The van der Waals surface area contributed by atoms with Crippen LogP contribution in [0.1, 0.15) is 20.3 Å². The van der Waals surface area contributed by atoms with Crippen LogP contribution in [0.25, 0.3) is 0 Å². The number of nitrogens with one attached hydrogen (secondary N) is 1. The highest BCUT2D eigenvalue weighted by Gasteiger charge is 2.50. The topological polar surface area (TPSA) is 95.9 Å². The Morgan fingerprint density at radius 3 is 2.58 bits per heavy atom. The molecule has 0 amide bonds. The first kappa shape index (κ1) is 16.4. The van der Waals surface area contributed by atoms with Crippen molar-refractivity contribution in [1.29, 1.82) is 0 Å². The van der Waals surface area contributed by atoms with Gasteiger partial charge in [0.1, 0.15) is 0 Å². The van der Waals surface area contributed by atoms with Crippen LogP contribution >= 0.6 is 0 Å². The number of aliphatic carboxylic acids is 1. The van der Waals surface area contributed by atoms with E-state index in [9.17, 15) is 18.3 Å². The molecule has 1 unspecified atom stereocenters. The first-order chi connectivity index (χ1) is 8.76. The van der Waals surface area contributed by atoms with E-state index in [1.54, 1.807) is 0 Å². The van der Waals surface area contributed by atoms with Gasteiger partial charge in [-0.2, -0.15) is 17.4 Å². The van der Waals surface area contributed by atoms with Crippen LogP contribution in [-0.2, 0) is 19.7 Å². The number of carbonyl (C=O) groups is 1. The number of methoxy groups -OCH3 is 1. The first-order valence-corrected chi connectivity index (χ1v) is 7.67. The average molecular weight is 294 g/mol. The normalized spacial score (nSPS) is 25.1. The molecule has 1 aliphatic heterocycles. The number of ether oxygens (including phenoxy) is 1. The fourth-order valence-electron chi connectivity index (χ4n) is 2.26. The van der Waals surface area contributed by atoms with Crippen LogP contribution in [0.3, 0.4) is 0 Å². The Morgan fingerprint density at radius 2 is 2.16 bits per heavy atom. The molecule has 112 valence electrons. The fourth-order valence-corrected chi connectivity index (χ4v) is 3.51. The number of carboxylic acid groups (broad SMARTS) is 1. The lowest BCUT2D eigenvalue weighted by Crippen LogP contribution is -2.44. The standard InChI is InChI=1S/C11H22N2O5S/c1-9(2)11(10(14)15)4-6-13(8-11)19(16,17)12-5-7-18-3/h9,12H,4-8H2,1-3H3,(H,14,15). The minimum absolute atomic E-state index is 0.0162. The van der Waals surface area contributed by atoms with Crippen LogP contribution in [-0.4, -0.2) is 57.1 Å². The van der Waals surface area contributed by atoms with E-state index in [1.165, 1.54) is 11.4 Å². The molecule has 0 aromatic rings. The molecule has 0 bridgehead atoms. The van der Waals surface area contributed by atoms with E-state index in [2.05, 4.69) is 4.72 Å². The number of hydrogen-bond donors (Lipinski definition) is 2. The molecule has 1 aliphatic rings. The van der Waals surface area contributed by atoms with Crippen LogP contribution in [0.15, 0.2) is 0 Å². The summed E-state index contributed by atoms with van der Waals surface area (Å²) in [5.74, 6) is -1.05. The Labute approximate surface area is 114 Å². The summed E-state index contributed by atoms with van der Waals surface area (Å²) in [4.78, 5) is 11.4. The summed E-state index contributed by atoms with van der Waals surface area (Å²) in [5.41, 5.74) is -0.990. The predicted molar refractivity (Wildman–Crippen MR) is 69.9 cm³/mol. The molecule has 0 spiro atoms. The summed E-state index contributed by atoms with van der Waals surface area (Å²) in [7, 11) is -2.15. The van der Waals surface area contributed by atoms with Gasteiger partial charge in [-0.3, -0.25) is 4.79 Å². The fraction of sp³-hybridized carbons (Fsp3) is 0.909. The molecule has 0 aromatic heterocycles. The largest absolute Gasteiger partial charge is 0.481 e. The maximum absolute atomic E-state index is 12.0. The van der Waals surface area contributed by atoms with E-state index < -0.39 is 21.6 Å². The third-order valence-electron chi connectivity index (χ3n) is 3.73. The highest BCUT2D eigenvalue weighted by Crippen LogP contribution is 2.38. The number of rotatable bonds is 7. The van der Waals surface area contributed by atoms with Gasteiger partial charge in [-0.25, -0.2) is 0 Å². The van der Waals surface area contributed by atoms with Crippen LogP contribution in [0.5, 0.6) is 0 Å². The van der Waals surface area contributed by atoms with Crippen molar-refractivity contribution in [2.75, 3.05) is 33.4 Å². The maximum Gasteiger partial charge on any atom is 0.311 e. The van der Waals surface area contributed by atoms with Gasteiger partial charge in [0.2, 0.25) is 0 Å². The lowest BCUT2D eigenvalue weighted by atomic mass is 9.77. The van der Waals surface area contributed by atoms with E-state index in [4.69, 9.17) is 4.74 Å². The zero-order chi connectivity index (χ0) is 14.7. The van der Waals surface area contributed by atoms with Gasteiger partial charge < -0.3 is 9.84 Å². The molecule has 0 aliphatic carbocycles. The molecule has 0 radical (unpaired) electrons. The second kappa shape index (κ2) is 6.17. The summed E-state index contributed by atoms with van der Waals surface area (Å²) in [5, 5.41) is 9.37. The molecule has 1 atom stereocenters. The summed E-state index contributed by atoms with van der Waals surface area (Å²) >= 11 is 0. The summed E-state index contributed by atoms with van der Waals surface area (Å²) in [6, 6.07) is 0. The zero-order valence-corrected chi connectivity index (χ0v) is 12.4. The number of hydrogen-bond acceptors (Lipinski definition) is 4. The van der Waals surface area contributed by atoms with Crippen LogP contribution in [0.2, 0.25) is 0 Å². The highest BCUT2D eigenvalue weighted by atomic mass is 32.2. The lowest BCUT2D eigenvalue weighted by molar-refractivity contribution is -0.150. The molecule has 1 fully saturated rings. The van der Waals surface area contributed by atoms with Crippen molar-refractivity contribution in [2.45, 2.75) is 20.3 Å². The SMILES string of the molecule is COCCNS(=O)(=O)N1CCC(C(=O)O)(C(C)C)C1. The van der Waals surface area contributed by atoms with Crippen LogP contribution < -0.4 is 4.72 Å². The van der Waals surface area contributed by atoms with Crippen molar-refractivity contribution in [3.8, 4) is 0 Å². The predicted octanol–water partition coefficient (Wildman–Crippen LogP) is -0.100. The van der Waals surface area contributed by atoms with Gasteiger partial charge in [-0.1, -0.05) is 13.8 Å². The van der Waals surface area contributed by atoms with Gasteiger partial charge in [0.05, 0.1) is 12.0 Å². The molecule has 0 aromatic carbocycles. The second-order valence-electron chi connectivity index (χ2n) is 5.09. The summed E-state index contributed by atoms with van der Waals surface area (Å²) in [6.07, 6.45) is 0.338. The van der Waals surface area contributed by atoms with Gasteiger partial charge >= 0.3 is 5.97 Å². The van der Waals surface area contributed by atoms with Gasteiger partial charge in [-0.15, -0.1) is 0 Å². The van der Waals surface area contributed by atoms with E-state index in [0.29, 0.717) is 6.42 Å². The van der Waals surface area contributed by atoms with E-state index in [1.807, 2.05) is 13.8 Å². The number of nitrogens with zero attached hydrogens (tertiary/aromatic N) is 1. The molecule has 0 saturated carbocycles. The molecule has 1 rings (SSSR count). The minimum atomic E-state index is -3.63. The monoisotopic (exact) mass is 294 g/mol. The quantitative estimate of drug-likeness (QED) is 0.639. The zero-order valence-electron chi connectivity index (χ0n) is 11.5. The van der Waals surface area contributed by atoms with Crippen molar-refractivity contribution in [3.63, 3.8) is 0 Å². The van der Waals surface area contributed by atoms with Crippen LogP contribution in [0, 0.1) is 11.3 Å². The third kappa shape index (κ3) is 3.44. The molecule has 7 nitrogen and oxygen atoms in total. The average Bonchev–Trinajstić information content (AvgIpc) is 2.75. The smallest absolute Gasteiger partial charge is 0.311 e. The Balaban J connectivity index is 2.76. The molecular formula is C11H22N2O5S.